The Morgan fingerprint density at radius 1 is 0.933 bits per heavy atom. The minimum Gasteiger partial charge on any atom is -0.493 e. The van der Waals surface area contributed by atoms with Gasteiger partial charge in [0.05, 0.1) is 21.3 Å². The molecule has 2 N–H and O–H groups in total. The summed E-state index contributed by atoms with van der Waals surface area (Å²) in [7, 11) is 6.34. The highest BCUT2D eigenvalue weighted by Gasteiger charge is 2.13. The van der Waals surface area contributed by atoms with E-state index in [-0.39, 0.29) is 0 Å². The number of halogens is 2. The molecule has 7 nitrogen and oxygen atoms in total. The minimum atomic E-state index is -2.51. The third kappa shape index (κ3) is 6.68. The van der Waals surface area contributed by atoms with Crippen LogP contribution in [-0.4, -0.2) is 47.4 Å². The van der Waals surface area contributed by atoms with Crippen molar-refractivity contribution in [1.82, 2.24) is 10.6 Å². The maximum atomic E-state index is 12.3. The molecule has 30 heavy (non-hydrogen) atoms. The van der Waals surface area contributed by atoms with Gasteiger partial charge in [-0.15, -0.1) is 0 Å². The standard InChI is InChI=1S/C21H27F2N3O4/c1-24-21(25-11-14-6-5-7-16(8-14)30-13-19(22)23)26-12-15-9-17(27-2)20(29-4)18(10-15)28-3/h5-10,19H,11-13H2,1-4H3,(H2,24,25,26). The van der Waals surface area contributed by atoms with Gasteiger partial charge in [0.15, 0.2) is 17.5 Å². The first-order chi connectivity index (χ1) is 14.5. The summed E-state index contributed by atoms with van der Waals surface area (Å²) >= 11 is 0. The molecular weight excluding hydrogens is 396 g/mol. The molecule has 0 spiro atoms. The maximum absolute atomic E-state index is 12.3. The summed E-state index contributed by atoms with van der Waals surface area (Å²) in [5, 5.41) is 6.38. The van der Waals surface area contributed by atoms with E-state index in [9.17, 15) is 8.78 Å². The molecule has 0 radical (unpaired) electrons. The second kappa shape index (κ2) is 11.7. The Morgan fingerprint density at radius 3 is 2.10 bits per heavy atom. The largest absolute Gasteiger partial charge is 0.493 e. The van der Waals surface area contributed by atoms with Gasteiger partial charge in [0.1, 0.15) is 12.4 Å². The van der Waals surface area contributed by atoms with Crippen LogP contribution in [0.2, 0.25) is 0 Å². The number of methoxy groups -OCH3 is 3. The maximum Gasteiger partial charge on any atom is 0.272 e. The lowest BCUT2D eigenvalue weighted by Gasteiger charge is -2.16. The number of nitrogens with zero attached hydrogens (tertiary/aromatic N) is 1. The monoisotopic (exact) mass is 423 g/mol. The lowest BCUT2D eigenvalue weighted by Crippen LogP contribution is -2.36. The van der Waals surface area contributed by atoms with Crippen molar-refractivity contribution >= 4 is 5.96 Å². The van der Waals surface area contributed by atoms with Crippen LogP contribution in [0.5, 0.6) is 23.0 Å². The van der Waals surface area contributed by atoms with Crippen LogP contribution in [0.25, 0.3) is 0 Å². The molecule has 0 bridgehead atoms. The number of guanidine groups is 1. The van der Waals surface area contributed by atoms with Crippen molar-refractivity contribution < 1.29 is 27.7 Å². The SMILES string of the molecule is CN=C(NCc1cccc(OCC(F)F)c1)NCc1cc(OC)c(OC)c(OC)c1. The van der Waals surface area contributed by atoms with E-state index >= 15 is 0 Å². The van der Waals surface area contributed by atoms with Crippen molar-refractivity contribution in [2.75, 3.05) is 35.0 Å². The molecule has 0 saturated heterocycles. The van der Waals surface area contributed by atoms with Gasteiger partial charge in [-0.2, -0.15) is 0 Å². The highest BCUT2D eigenvalue weighted by Crippen LogP contribution is 2.38. The van der Waals surface area contributed by atoms with Crippen molar-refractivity contribution in [1.29, 1.82) is 0 Å². The second-order valence-corrected chi connectivity index (χ2v) is 6.16. The average Bonchev–Trinajstić information content (AvgIpc) is 2.77. The van der Waals surface area contributed by atoms with E-state index in [1.54, 1.807) is 46.6 Å². The molecule has 0 amide bonds. The van der Waals surface area contributed by atoms with Crippen LogP contribution in [0, 0.1) is 0 Å². The summed E-state index contributed by atoms with van der Waals surface area (Å²) < 4.78 is 45.7. The summed E-state index contributed by atoms with van der Waals surface area (Å²) in [5.74, 6) is 2.63. The fraction of sp³-hybridized carbons (Fsp3) is 0.381. The Hall–Kier alpha value is -3.23. The van der Waals surface area contributed by atoms with Crippen LogP contribution in [0.3, 0.4) is 0 Å². The van der Waals surface area contributed by atoms with Crippen molar-refractivity contribution in [3.8, 4) is 23.0 Å². The van der Waals surface area contributed by atoms with Gasteiger partial charge in [0.2, 0.25) is 5.75 Å². The van der Waals surface area contributed by atoms with E-state index in [4.69, 9.17) is 18.9 Å². The van der Waals surface area contributed by atoms with E-state index in [1.165, 1.54) is 0 Å². The molecule has 0 aromatic heterocycles. The van der Waals surface area contributed by atoms with Crippen molar-refractivity contribution in [3.63, 3.8) is 0 Å². The third-order valence-electron chi connectivity index (χ3n) is 4.14. The van der Waals surface area contributed by atoms with Crippen molar-refractivity contribution in [2.24, 2.45) is 4.99 Å². The lowest BCUT2D eigenvalue weighted by molar-refractivity contribution is 0.0818. The van der Waals surface area contributed by atoms with E-state index < -0.39 is 13.0 Å². The first kappa shape index (κ1) is 23.1. The van der Waals surface area contributed by atoms with Crippen LogP contribution in [0.15, 0.2) is 41.4 Å². The topological polar surface area (TPSA) is 73.3 Å². The molecule has 0 aliphatic carbocycles. The Kier molecular flexibility index (Phi) is 8.99. The molecule has 2 aromatic rings. The molecule has 0 aliphatic heterocycles. The molecule has 164 valence electrons. The molecule has 0 saturated carbocycles. The summed E-state index contributed by atoms with van der Waals surface area (Å²) in [4.78, 5) is 4.20. The van der Waals surface area contributed by atoms with E-state index in [0.717, 1.165) is 11.1 Å². The predicted molar refractivity (Wildman–Crippen MR) is 111 cm³/mol. The van der Waals surface area contributed by atoms with Crippen LogP contribution in [-0.2, 0) is 13.1 Å². The average molecular weight is 423 g/mol. The van der Waals surface area contributed by atoms with Crippen LogP contribution in [0.1, 0.15) is 11.1 Å². The van der Waals surface area contributed by atoms with Gasteiger partial charge in [0.25, 0.3) is 6.43 Å². The lowest BCUT2D eigenvalue weighted by atomic mass is 10.2. The molecular formula is C21H27F2N3O4. The molecule has 0 unspecified atom stereocenters. The summed E-state index contributed by atoms with van der Waals surface area (Å²) in [6.07, 6.45) is -2.51. The Morgan fingerprint density at radius 2 is 1.57 bits per heavy atom. The molecule has 0 heterocycles. The van der Waals surface area contributed by atoms with E-state index in [2.05, 4.69) is 15.6 Å². The summed E-state index contributed by atoms with van der Waals surface area (Å²) in [5.41, 5.74) is 1.78. The quantitative estimate of drug-likeness (QED) is 0.452. The van der Waals surface area contributed by atoms with Gasteiger partial charge in [0, 0.05) is 20.1 Å². The van der Waals surface area contributed by atoms with Gasteiger partial charge in [-0.3, -0.25) is 4.99 Å². The fourth-order valence-electron chi connectivity index (χ4n) is 2.73. The number of aliphatic imine (C=N–C) groups is 1. The van der Waals surface area contributed by atoms with E-state index in [0.29, 0.717) is 42.0 Å². The number of hydrogen-bond acceptors (Lipinski definition) is 5. The highest BCUT2D eigenvalue weighted by molar-refractivity contribution is 5.79. The zero-order valence-corrected chi connectivity index (χ0v) is 17.5. The van der Waals surface area contributed by atoms with Crippen LogP contribution in [0.4, 0.5) is 8.78 Å². The van der Waals surface area contributed by atoms with Crippen molar-refractivity contribution in [2.45, 2.75) is 19.5 Å². The number of rotatable bonds is 10. The van der Waals surface area contributed by atoms with Gasteiger partial charge in [-0.05, 0) is 35.4 Å². The normalized spacial score (nSPS) is 11.2. The first-order valence-corrected chi connectivity index (χ1v) is 9.24. The Labute approximate surface area is 175 Å². The number of benzene rings is 2. The number of alkyl halides is 2. The minimum absolute atomic E-state index is 0.398. The molecule has 0 atom stereocenters. The Balaban J connectivity index is 1.97. The number of hydrogen-bond donors (Lipinski definition) is 2. The van der Waals surface area contributed by atoms with Crippen LogP contribution >= 0.6 is 0 Å². The zero-order chi connectivity index (χ0) is 21.9. The first-order valence-electron chi connectivity index (χ1n) is 9.24. The number of ether oxygens (including phenoxy) is 4. The summed E-state index contributed by atoms with van der Waals surface area (Å²) in [6, 6.07) is 10.7. The zero-order valence-electron chi connectivity index (χ0n) is 17.5. The smallest absolute Gasteiger partial charge is 0.272 e. The second-order valence-electron chi connectivity index (χ2n) is 6.16. The highest BCUT2D eigenvalue weighted by atomic mass is 19.3. The molecule has 0 fully saturated rings. The number of nitrogens with one attached hydrogen (secondary N) is 2. The van der Waals surface area contributed by atoms with Gasteiger partial charge in [-0.25, -0.2) is 8.78 Å². The van der Waals surface area contributed by atoms with Crippen LogP contribution < -0.4 is 29.6 Å². The van der Waals surface area contributed by atoms with Crippen molar-refractivity contribution in [3.05, 3.63) is 47.5 Å². The molecule has 9 heteroatoms. The van der Waals surface area contributed by atoms with E-state index in [1.807, 2.05) is 18.2 Å². The summed E-state index contributed by atoms with van der Waals surface area (Å²) in [6.45, 7) is 0.281. The van der Waals surface area contributed by atoms with Gasteiger partial charge < -0.3 is 29.6 Å². The fourth-order valence-corrected chi connectivity index (χ4v) is 2.73. The van der Waals surface area contributed by atoms with Gasteiger partial charge in [-0.1, -0.05) is 12.1 Å². The molecule has 2 aromatic carbocycles. The molecule has 2 rings (SSSR count). The van der Waals surface area contributed by atoms with Gasteiger partial charge >= 0.3 is 0 Å². The third-order valence-corrected chi connectivity index (χ3v) is 4.14. The molecule has 0 aliphatic rings. The predicted octanol–water partition coefficient (Wildman–Crippen LogP) is 3.22. The Bertz CT molecular complexity index is 822.